The van der Waals surface area contributed by atoms with E-state index in [2.05, 4.69) is 44.3 Å². The van der Waals surface area contributed by atoms with Crippen molar-refractivity contribution in [3.63, 3.8) is 0 Å². The van der Waals surface area contributed by atoms with E-state index in [1.807, 2.05) is 0 Å². The number of nitrogens with one attached hydrogen (secondary N) is 1. The van der Waals surface area contributed by atoms with Gasteiger partial charge >= 0.3 is 0 Å². The highest BCUT2D eigenvalue weighted by atomic mass is 32.2. The molecule has 0 spiro atoms. The monoisotopic (exact) mass is 324 g/mol. The Hall–Kier alpha value is -0.780. The van der Waals surface area contributed by atoms with Gasteiger partial charge in [0.15, 0.2) is 0 Å². The molecule has 1 saturated heterocycles. The summed E-state index contributed by atoms with van der Waals surface area (Å²) in [5.74, 6) is 1.00. The van der Waals surface area contributed by atoms with Crippen LogP contribution < -0.4 is 11.1 Å². The summed E-state index contributed by atoms with van der Waals surface area (Å²) < 4.78 is 5.78. The molecule has 0 aromatic heterocycles. The SMILES string of the molecule is CCSc1cccc(NC2CCOC(C)(C)C2)c1C(N)=S. The smallest absolute Gasteiger partial charge is 0.107 e. The van der Waals surface area contributed by atoms with Gasteiger partial charge in [-0.05, 0) is 44.6 Å². The molecule has 0 radical (unpaired) electrons. The van der Waals surface area contributed by atoms with Crippen LogP contribution in [0.15, 0.2) is 23.1 Å². The normalized spacial score (nSPS) is 21.0. The zero-order valence-electron chi connectivity index (χ0n) is 12.9. The summed E-state index contributed by atoms with van der Waals surface area (Å²) >= 11 is 7.04. The largest absolute Gasteiger partial charge is 0.389 e. The molecular weight excluding hydrogens is 300 g/mol. The lowest BCUT2D eigenvalue weighted by atomic mass is 9.93. The first kappa shape index (κ1) is 16.6. The van der Waals surface area contributed by atoms with E-state index in [0.29, 0.717) is 11.0 Å². The molecule has 0 aliphatic carbocycles. The highest BCUT2D eigenvalue weighted by Crippen LogP contribution is 2.31. The van der Waals surface area contributed by atoms with Crippen molar-refractivity contribution < 1.29 is 4.74 Å². The lowest BCUT2D eigenvalue weighted by Gasteiger charge is -2.36. The fraction of sp³-hybridized carbons (Fsp3) is 0.562. The molecule has 2 rings (SSSR count). The van der Waals surface area contributed by atoms with Gasteiger partial charge in [0.1, 0.15) is 4.99 Å². The second kappa shape index (κ2) is 6.99. The van der Waals surface area contributed by atoms with E-state index in [4.69, 9.17) is 22.7 Å². The number of hydrogen-bond acceptors (Lipinski definition) is 4. The molecular formula is C16H24N2OS2. The number of benzene rings is 1. The molecule has 0 saturated carbocycles. The van der Waals surface area contributed by atoms with E-state index in [1.165, 1.54) is 0 Å². The molecule has 1 unspecified atom stereocenters. The zero-order chi connectivity index (χ0) is 15.5. The Morgan fingerprint density at radius 1 is 1.52 bits per heavy atom. The molecule has 116 valence electrons. The number of thiocarbonyl (C=S) groups is 1. The first-order valence-electron chi connectivity index (χ1n) is 7.39. The van der Waals surface area contributed by atoms with Crippen LogP contribution in [0.25, 0.3) is 0 Å². The fourth-order valence-electron chi connectivity index (χ4n) is 2.76. The Morgan fingerprint density at radius 2 is 2.29 bits per heavy atom. The van der Waals surface area contributed by atoms with Gasteiger partial charge in [-0.1, -0.05) is 25.2 Å². The maximum atomic E-state index is 5.96. The number of anilines is 1. The molecule has 0 amide bonds. The van der Waals surface area contributed by atoms with Gasteiger partial charge in [0.2, 0.25) is 0 Å². The van der Waals surface area contributed by atoms with Crippen molar-refractivity contribution in [1.29, 1.82) is 0 Å². The maximum absolute atomic E-state index is 5.96. The lowest BCUT2D eigenvalue weighted by molar-refractivity contribution is -0.0553. The molecule has 1 aliphatic heterocycles. The second-order valence-electron chi connectivity index (χ2n) is 5.92. The minimum Gasteiger partial charge on any atom is -0.389 e. The van der Waals surface area contributed by atoms with Gasteiger partial charge < -0.3 is 15.8 Å². The van der Waals surface area contributed by atoms with Gasteiger partial charge in [-0.25, -0.2) is 0 Å². The molecule has 1 aliphatic rings. The molecule has 1 fully saturated rings. The van der Waals surface area contributed by atoms with Gasteiger partial charge in [0, 0.05) is 28.8 Å². The Labute approximate surface area is 137 Å². The Kier molecular flexibility index (Phi) is 5.52. The first-order chi connectivity index (χ1) is 9.93. The van der Waals surface area contributed by atoms with Crippen LogP contribution in [0, 0.1) is 0 Å². The van der Waals surface area contributed by atoms with Crippen LogP contribution in [0.3, 0.4) is 0 Å². The van der Waals surface area contributed by atoms with E-state index >= 15 is 0 Å². The summed E-state index contributed by atoms with van der Waals surface area (Å²) in [6.07, 6.45) is 1.99. The summed E-state index contributed by atoms with van der Waals surface area (Å²) in [5, 5.41) is 3.62. The third-order valence-electron chi connectivity index (χ3n) is 3.63. The van der Waals surface area contributed by atoms with Gasteiger partial charge in [0.05, 0.1) is 5.60 Å². The van der Waals surface area contributed by atoms with Gasteiger partial charge in [-0.15, -0.1) is 11.8 Å². The molecule has 5 heteroatoms. The third-order valence-corrected chi connectivity index (χ3v) is 4.77. The van der Waals surface area contributed by atoms with E-state index in [9.17, 15) is 0 Å². The summed E-state index contributed by atoms with van der Waals surface area (Å²) in [7, 11) is 0. The molecule has 0 bridgehead atoms. The molecule has 1 heterocycles. The minimum absolute atomic E-state index is 0.0743. The third kappa shape index (κ3) is 4.34. The fourth-order valence-corrected chi connectivity index (χ4v) is 3.89. The quantitative estimate of drug-likeness (QED) is 0.637. The molecule has 3 N–H and O–H groups in total. The van der Waals surface area contributed by atoms with Crippen molar-refractivity contribution in [2.45, 2.75) is 50.2 Å². The predicted molar refractivity (Wildman–Crippen MR) is 95.4 cm³/mol. The van der Waals surface area contributed by atoms with Crippen molar-refractivity contribution in [3.8, 4) is 0 Å². The second-order valence-corrected chi connectivity index (χ2v) is 7.66. The van der Waals surface area contributed by atoms with Gasteiger partial charge in [-0.2, -0.15) is 0 Å². The van der Waals surface area contributed by atoms with Crippen LogP contribution >= 0.6 is 24.0 Å². The molecule has 1 atom stereocenters. The van der Waals surface area contributed by atoms with Crippen molar-refractivity contribution in [3.05, 3.63) is 23.8 Å². The van der Waals surface area contributed by atoms with Gasteiger partial charge in [0.25, 0.3) is 0 Å². The van der Waals surface area contributed by atoms with Crippen LogP contribution in [0.2, 0.25) is 0 Å². The summed E-state index contributed by atoms with van der Waals surface area (Å²) in [5.41, 5.74) is 7.90. The number of hydrogen-bond donors (Lipinski definition) is 2. The van der Waals surface area contributed by atoms with Crippen LogP contribution in [-0.2, 0) is 4.74 Å². The van der Waals surface area contributed by atoms with Crippen LogP contribution in [0.4, 0.5) is 5.69 Å². The van der Waals surface area contributed by atoms with E-state index in [1.54, 1.807) is 11.8 Å². The van der Waals surface area contributed by atoms with E-state index < -0.39 is 0 Å². The Balaban J connectivity index is 2.23. The minimum atomic E-state index is -0.0743. The molecule has 1 aromatic rings. The van der Waals surface area contributed by atoms with Crippen molar-refractivity contribution in [2.24, 2.45) is 5.73 Å². The number of rotatable bonds is 5. The number of nitrogens with two attached hydrogens (primary N) is 1. The summed E-state index contributed by atoms with van der Waals surface area (Å²) in [6, 6.07) is 6.61. The van der Waals surface area contributed by atoms with E-state index in [-0.39, 0.29) is 5.60 Å². The molecule has 1 aromatic carbocycles. The Morgan fingerprint density at radius 3 is 2.90 bits per heavy atom. The highest BCUT2D eigenvalue weighted by Gasteiger charge is 2.29. The molecule has 21 heavy (non-hydrogen) atoms. The highest BCUT2D eigenvalue weighted by molar-refractivity contribution is 7.99. The van der Waals surface area contributed by atoms with Crippen molar-refractivity contribution in [1.82, 2.24) is 0 Å². The topological polar surface area (TPSA) is 47.3 Å². The molecule has 3 nitrogen and oxygen atoms in total. The summed E-state index contributed by atoms with van der Waals surface area (Å²) in [6.45, 7) is 7.20. The van der Waals surface area contributed by atoms with Crippen LogP contribution in [0.1, 0.15) is 39.2 Å². The lowest BCUT2D eigenvalue weighted by Crippen LogP contribution is -2.40. The van der Waals surface area contributed by atoms with Crippen LogP contribution in [-0.4, -0.2) is 29.0 Å². The number of ether oxygens (including phenoxy) is 1. The maximum Gasteiger partial charge on any atom is 0.107 e. The zero-order valence-corrected chi connectivity index (χ0v) is 14.6. The standard InChI is InChI=1S/C16H24N2OS2/c1-4-21-13-7-5-6-12(14(13)15(17)20)18-11-8-9-19-16(2,3)10-11/h5-7,11,18H,4,8-10H2,1-3H3,(H2,17,20). The van der Waals surface area contributed by atoms with Crippen molar-refractivity contribution >= 4 is 34.7 Å². The van der Waals surface area contributed by atoms with E-state index in [0.717, 1.165) is 41.3 Å². The van der Waals surface area contributed by atoms with Crippen molar-refractivity contribution in [2.75, 3.05) is 17.7 Å². The first-order valence-corrected chi connectivity index (χ1v) is 8.78. The van der Waals surface area contributed by atoms with Gasteiger partial charge in [-0.3, -0.25) is 0 Å². The average molecular weight is 325 g/mol. The Bertz CT molecular complexity index is 517. The van der Waals surface area contributed by atoms with Crippen LogP contribution in [0.5, 0.6) is 0 Å². The number of thioether (sulfide) groups is 1. The summed E-state index contributed by atoms with van der Waals surface area (Å²) in [4.78, 5) is 1.61. The average Bonchev–Trinajstić information content (AvgIpc) is 2.37. The predicted octanol–water partition coefficient (Wildman–Crippen LogP) is 3.80.